The number of halogens is 1. The Morgan fingerprint density at radius 3 is 2.67 bits per heavy atom. The number of ether oxygens (including phenoxy) is 2. The van der Waals surface area contributed by atoms with Crippen LogP contribution in [0.5, 0.6) is 0 Å². The molecule has 2 aliphatic rings. The first-order valence-corrected chi connectivity index (χ1v) is 7.69. The van der Waals surface area contributed by atoms with Crippen LogP contribution in [0.1, 0.15) is 6.92 Å². The lowest BCUT2D eigenvalue weighted by Crippen LogP contribution is -2.52. The average molecular weight is 337 g/mol. The lowest BCUT2D eigenvalue weighted by atomic mass is 10.1. The van der Waals surface area contributed by atoms with Gasteiger partial charge in [-0.05, 0) is 18.2 Å². The zero-order valence-corrected chi connectivity index (χ0v) is 13.9. The fourth-order valence-corrected chi connectivity index (χ4v) is 2.77. The van der Waals surface area contributed by atoms with E-state index in [2.05, 4.69) is 0 Å². The van der Waals surface area contributed by atoms with Crippen LogP contribution < -0.4 is 9.80 Å². The van der Waals surface area contributed by atoms with Crippen LogP contribution in [0, 0.1) is 5.82 Å². The van der Waals surface area contributed by atoms with Gasteiger partial charge in [-0.3, -0.25) is 9.69 Å². The van der Waals surface area contributed by atoms with Crippen LogP contribution in [0.2, 0.25) is 0 Å². The molecular formula is C16H20FN3O4. The van der Waals surface area contributed by atoms with Gasteiger partial charge in [0, 0.05) is 34.2 Å². The maximum absolute atomic E-state index is 14.4. The number of anilines is 2. The summed E-state index contributed by atoms with van der Waals surface area (Å²) >= 11 is 0. The Balaban J connectivity index is 1.73. The molecule has 0 saturated carbocycles. The summed E-state index contributed by atoms with van der Waals surface area (Å²) in [5.74, 6) is -0.611. The third-order valence-electron chi connectivity index (χ3n) is 4.49. The van der Waals surface area contributed by atoms with E-state index < -0.39 is 18.1 Å². The molecule has 2 heterocycles. The molecule has 1 atom stereocenters. The van der Waals surface area contributed by atoms with Crippen LogP contribution in [-0.2, 0) is 14.3 Å². The monoisotopic (exact) mass is 337 g/mol. The van der Waals surface area contributed by atoms with Gasteiger partial charge in [0.1, 0.15) is 5.82 Å². The highest BCUT2D eigenvalue weighted by molar-refractivity contribution is 5.90. The molecule has 0 radical (unpaired) electrons. The Bertz CT molecular complexity index is 663. The number of amides is 2. The molecule has 0 spiro atoms. The molecule has 0 bridgehead atoms. The number of nitrogens with zero attached hydrogens (tertiary/aromatic N) is 3. The van der Waals surface area contributed by atoms with E-state index in [1.807, 2.05) is 4.90 Å². The van der Waals surface area contributed by atoms with E-state index in [1.54, 1.807) is 26.3 Å². The van der Waals surface area contributed by atoms with Gasteiger partial charge in [0.15, 0.2) is 6.23 Å². The van der Waals surface area contributed by atoms with Gasteiger partial charge >= 0.3 is 6.09 Å². The Hall–Kier alpha value is -2.35. The van der Waals surface area contributed by atoms with Gasteiger partial charge in [0.2, 0.25) is 5.91 Å². The third-order valence-corrected chi connectivity index (χ3v) is 4.49. The highest BCUT2D eigenvalue weighted by Gasteiger charge is 2.36. The number of hydrogen-bond acceptors (Lipinski definition) is 5. The van der Waals surface area contributed by atoms with Crippen molar-refractivity contribution in [3.05, 3.63) is 24.0 Å². The van der Waals surface area contributed by atoms with E-state index in [0.29, 0.717) is 24.5 Å². The van der Waals surface area contributed by atoms with E-state index >= 15 is 0 Å². The van der Waals surface area contributed by atoms with E-state index in [9.17, 15) is 14.0 Å². The second kappa shape index (κ2) is 6.27. The molecule has 0 aromatic heterocycles. The second-order valence-electron chi connectivity index (χ2n) is 5.98. The van der Waals surface area contributed by atoms with Gasteiger partial charge in [0.05, 0.1) is 24.0 Å². The number of cyclic esters (lactones) is 1. The topological polar surface area (TPSA) is 62.3 Å². The smallest absolute Gasteiger partial charge is 0.416 e. The molecule has 130 valence electrons. The van der Waals surface area contributed by atoms with Crippen LogP contribution in [0.15, 0.2) is 18.2 Å². The number of hydrogen-bond donors (Lipinski definition) is 0. The summed E-state index contributed by atoms with van der Waals surface area (Å²) in [6.07, 6.45) is -1.14. The summed E-state index contributed by atoms with van der Waals surface area (Å²) in [7, 11) is 3.19. The SMILES string of the molecule is COC1CN(c2ccc(N3CC(N(C)C(C)=O)OC3=O)cc2F)C1. The van der Waals surface area contributed by atoms with Crippen LogP contribution in [0.25, 0.3) is 0 Å². The van der Waals surface area contributed by atoms with E-state index in [-0.39, 0.29) is 18.6 Å². The molecule has 0 N–H and O–H groups in total. The zero-order chi connectivity index (χ0) is 17.4. The van der Waals surface area contributed by atoms with Crippen molar-refractivity contribution in [1.82, 2.24) is 4.90 Å². The molecule has 1 unspecified atom stereocenters. The maximum Gasteiger partial charge on any atom is 0.416 e. The summed E-state index contributed by atoms with van der Waals surface area (Å²) in [4.78, 5) is 27.9. The molecule has 2 amide bonds. The molecule has 3 rings (SSSR count). The van der Waals surface area contributed by atoms with Crippen molar-refractivity contribution in [2.24, 2.45) is 0 Å². The van der Waals surface area contributed by atoms with Crippen molar-refractivity contribution < 1.29 is 23.5 Å². The summed E-state index contributed by atoms with van der Waals surface area (Å²) < 4.78 is 24.7. The lowest BCUT2D eigenvalue weighted by Gasteiger charge is -2.40. The number of rotatable bonds is 4. The van der Waals surface area contributed by atoms with Crippen LogP contribution in [0.3, 0.4) is 0 Å². The molecule has 7 nitrogen and oxygen atoms in total. The van der Waals surface area contributed by atoms with Crippen LogP contribution in [0.4, 0.5) is 20.6 Å². The van der Waals surface area contributed by atoms with Gasteiger partial charge in [-0.15, -0.1) is 0 Å². The summed E-state index contributed by atoms with van der Waals surface area (Å²) in [6, 6.07) is 4.63. The van der Waals surface area contributed by atoms with E-state index in [4.69, 9.17) is 9.47 Å². The van der Waals surface area contributed by atoms with Crippen LogP contribution in [-0.4, -0.2) is 63.0 Å². The zero-order valence-electron chi connectivity index (χ0n) is 13.9. The van der Waals surface area contributed by atoms with Gasteiger partial charge in [-0.25, -0.2) is 9.18 Å². The number of methoxy groups -OCH3 is 1. The molecule has 24 heavy (non-hydrogen) atoms. The number of benzene rings is 1. The highest BCUT2D eigenvalue weighted by atomic mass is 19.1. The standard InChI is InChI=1S/C16H20FN3O4/c1-10(21)18(2)15-9-20(16(22)24-15)11-4-5-14(13(17)6-11)19-7-12(8-19)23-3/h4-6,12,15H,7-9H2,1-3H3. The number of carbonyl (C=O) groups excluding carboxylic acids is 2. The normalized spacial score (nSPS) is 20.8. The first kappa shape index (κ1) is 16.5. The van der Waals surface area contributed by atoms with Crippen molar-refractivity contribution in [2.75, 3.05) is 43.6 Å². The minimum absolute atomic E-state index is 0.125. The molecule has 8 heteroatoms. The van der Waals surface area contributed by atoms with Gasteiger partial charge in [0.25, 0.3) is 0 Å². The summed E-state index contributed by atoms with van der Waals surface area (Å²) in [5, 5.41) is 0. The number of likely N-dealkylation sites (N-methyl/N-ethyl adjacent to an activating group) is 1. The van der Waals surface area contributed by atoms with Gasteiger partial charge in [-0.1, -0.05) is 0 Å². The van der Waals surface area contributed by atoms with Crippen molar-refractivity contribution in [3.63, 3.8) is 0 Å². The summed E-state index contributed by atoms with van der Waals surface area (Å²) in [5.41, 5.74) is 0.890. The summed E-state index contributed by atoms with van der Waals surface area (Å²) in [6.45, 7) is 2.85. The van der Waals surface area contributed by atoms with Crippen molar-refractivity contribution >= 4 is 23.4 Å². The Morgan fingerprint density at radius 2 is 2.08 bits per heavy atom. The molecule has 0 aliphatic carbocycles. The quantitative estimate of drug-likeness (QED) is 0.832. The first-order chi connectivity index (χ1) is 11.4. The predicted octanol–water partition coefficient (Wildman–Crippen LogP) is 1.42. The molecule has 1 aromatic rings. The lowest BCUT2D eigenvalue weighted by molar-refractivity contribution is -0.134. The molecule has 2 aliphatic heterocycles. The molecule has 2 saturated heterocycles. The first-order valence-electron chi connectivity index (χ1n) is 7.69. The average Bonchev–Trinajstić information content (AvgIpc) is 2.88. The minimum Gasteiger partial charge on any atom is -0.423 e. The minimum atomic E-state index is -0.671. The van der Waals surface area contributed by atoms with Gasteiger partial charge in [-0.2, -0.15) is 0 Å². The Labute approximate surface area is 139 Å². The fourth-order valence-electron chi connectivity index (χ4n) is 2.77. The van der Waals surface area contributed by atoms with Crippen molar-refractivity contribution in [2.45, 2.75) is 19.3 Å². The van der Waals surface area contributed by atoms with Crippen molar-refractivity contribution in [3.8, 4) is 0 Å². The molecule has 1 aromatic carbocycles. The third kappa shape index (κ3) is 2.89. The van der Waals surface area contributed by atoms with Gasteiger partial charge < -0.3 is 19.3 Å². The Morgan fingerprint density at radius 1 is 1.38 bits per heavy atom. The maximum atomic E-state index is 14.4. The Kier molecular flexibility index (Phi) is 4.31. The fraction of sp³-hybridized carbons (Fsp3) is 0.500. The van der Waals surface area contributed by atoms with E-state index in [0.717, 1.165) is 0 Å². The van der Waals surface area contributed by atoms with Crippen molar-refractivity contribution in [1.29, 1.82) is 0 Å². The molecular weight excluding hydrogens is 317 g/mol. The second-order valence-corrected chi connectivity index (χ2v) is 5.98. The highest BCUT2D eigenvalue weighted by Crippen LogP contribution is 2.30. The largest absolute Gasteiger partial charge is 0.423 e. The van der Waals surface area contributed by atoms with E-state index in [1.165, 1.54) is 22.8 Å². The van der Waals surface area contributed by atoms with Crippen LogP contribution >= 0.6 is 0 Å². The number of carbonyl (C=O) groups is 2. The molecule has 2 fully saturated rings. The predicted molar refractivity (Wildman–Crippen MR) is 85.5 cm³/mol.